The molecule has 0 bridgehead atoms. The molecule has 0 aliphatic rings. The maximum atomic E-state index is 13.5. The highest BCUT2D eigenvalue weighted by Gasteiger charge is 2.25. The Morgan fingerprint density at radius 1 is 1.17 bits per heavy atom. The van der Waals surface area contributed by atoms with Gasteiger partial charge in [0.2, 0.25) is 0 Å². The molecule has 0 saturated carbocycles. The Morgan fingerprint density at radius 3 is 2.69 bits per heavy atom. The predicted octanol–water partition coefficient (Wildman–Crippen LogP) is 4.93. The lowest BCUT2D eigenvalue weighted by molar-refractivity contribution is 0.0973. The van der Waals surface area contributed by atoms with Gasteiger partial charge >= 0.3 is 0 Å². The van der Waals surface area contributed by atoms with Crippen molar-refractivity contribution in [3.05, 3.63) is 72.1 Å². The largest absolute Gasteiger partial charge is 0.497 e. The lowest BCUT2D eigenvalue weighted by atomic mass is 10.2. The summed E-state index contributed by atoms with van der Waals surface area (Å²) >= 11 is 1.49. The minimum Gasteiger partial charge on any atom is -0.497 e. The molecular formula is C22H22N4O2S. The van der Waals surface area contributed by atoms with Crippen LogP contribution in [0.25, 0.3) is 10.2 Å². The van der Waals surface area contributed by atoms with Crippen LogP contribution >= 0.6 is 11.3 Å². The Morgan fingerprint density at radius 2 is 1.97 bits per heavy atom. The quantitative estimate of drug-likeness (QED) is 0.456. The normalized spacial score (nSPS) is 11.2. The second kappa shape index (κ2) is 8.05. The fraction of sp³-hybridized carbons (Fsp3) is 0.227. The third kappa shape index (κ3) is 3.86. The molecule has 4 rings (SSSR count). The fourth-order valence-electron chi connectivity index (χ4n) is 3.16. The second-order valence-corrected chi connectivity index (χ2v) is 7.97. The Labute approximate surface area is 173 Å². The van der Waals surface area contributed by atoms with Crippen LogP contribution in [0, 0.1) is 0 Å². The van der Waals surface area contributed by atoms with Crippen molar-refractivity contribution < 1.29 is 9.53 Å². The van der Waals surface area contributed by atoms with Crippen LogP contribution in [0.3, 0.4) is 0 Å². The van der Waals surface area contributed by atoms with Crippen LogP contribution in [0.1, 0.15) is 35.9 Å². The van der Waals surface area contributed by atoms with Crippen molar-refractivity contribution in [3.63, 3.8) is 0 Å². The molecule has 0 N–H and O–H groups in total. The molecule has 0 aliphatic heterocycles. The number of ether oxygens (including phenoxy) is 1. The van der Waals surface area contributed by atoms with Crippen molar-refractivity contribution in [2.45, 2.75) is 26.4 Å². The molecule has 2 aromatic heterocycles. The summed E-state index contributed by atoms with van der Waals surface area (Å²) in [6.45, 7) is 4.45. The first-order chi connectivity index (χ1) is 14.1. The Kier molecular flexibility index (Phi) is 5.31. The van der Waals surface area contributed by atoms with Gasteiger partial charge in [-0.05, 0) is 37.6 Å². The molecule has 0 radical (unpaired) electrons. The van der Waals surface area contributed by atoms with Gasteiger partial charge in [0.25, 0.3) is 5.91 Å². The summed E-state index contributed by atoms with van der Waals surface area (Å²) < 4.78 is 8.06. The van der Waals surface area contributed by atoms with Crippen molar-refractivity contribution in [2.75, 3.05) is 12.0 Å². The highest BCUT2D eigenvalue weighted by molar-refractivity contribution is 7.22. The SMILES string of the molecule is COc1ccc2sc(N(Cc3ccccc3)C(=O)c3ccnn3C(C)C)nc2c1. The van der Waals surface area contributed by atoms with Crippen molar-refractivity contribution in [1.29, 1.82) is 0 Å². The third-order valence-electron chi connectivity index (χ3n) is 4.62. The van der Waals surface area contributed by atoms with E-state index in [1.54, 1.807) is 29.0 Å². The molecule has 0 saturated heterocycles. The molecular weight excluding hydrogens is 384 g/mol. The maximum absolute atomic E-state index is 13.5. The van der Waals surface area contributed by atoms with Crippen LogP contribution in [-0.2, 0) is 6.54 Å². The number of carbonyl (C=O) groups excluding carboxylic acids is 1. The fourth-order valence-corrected chi connectivity index (χ4v) is 4.11. The second-order valence-electron chi connectivity index (χ2n) is 6.96. The van der Waals surface area contributed by atoms with Gasteiger partial charge in [0.1, 0.15) is 11.4 Å². The molecule has 0 atom stereocenters. The number of aromatic nitrogens is 3. The van der Waals surface area contributed by atoms with E-state index in [2.05, 4.69) is 5.10 Å². The number of carbonyl (C=O) groups is 1. The third-order valence-corrected chi connectivity index (χ3v) is 5.68. The first kappa shape index (κ1) is 19.1. The molecule has 29 heavy (non-hydrogen) atoms. The summed E-state index contributed by atoms with van der Waals surface area (Å²) in [5, 5.41) is 4.97. The van der Waals surface area contributed by atoms with E-state index in [9.17, 15) is 4.79 Å². The number of amides is 1. The van der Waals surface area contributed by atoms with Gasteiger partial charge in [-0.15, -0.1) is 0 Å². The zero-order chi connectivity index (χ0) is 20.4. The van der Waals surface area contributed by atoms with Crippen molar-refractivity contribution in [3.8, 4) is 5.75 Å². The molecule has 4 aromatic rings. The van der Waals surface area contributed by atoms with Gasteiger partial charge in [-0.1, -0.05) is 41.7 Å². The molecule has 7 heteroatoms. The first-order valence-corrected chi connectivity index (χ1v) is 10.2. The predicted molar refractivity (Wildman–Crippen MR) is 116 cm³/mol. The molecule has 2 heterocycles. The number of anilines is 1. The molecule has 6 nitrogen and oxygen atoms in total. The van der Waals surface area contributed by atoms with Gasteiger partial charge in [-0.2, -0.15) is 5.10 Å². The molecule has 0 spiro atoms. The average molecular weight is 407 g/mol. The number of thiazole rings is 1. The molecule has 0 unspecified atom stereocenters. The van der Waals surface area contributed by atoms with Gasteiger partial charge in [-0.3, -0.25) is 14.4 Å². The van der Waals surface area contributed by atoms with Crippen molar-refractivity contribution >= 4 is 32.6 Å². The number of rotatable bonds is 6. The number of methoxy groups -OCH3 is 1. The monoisotopic (exact) mass is 406 g/mol. The standard InChI is InChI=1S/C22H22N4O2S/c1-15(2)26-19(11-12-23-26)21(27)25(14-16-7-5-4-6-8-16)22-24-18-13-17(28-3)9-10-20(18)29-22/h4-13,15H,14H2,1-3H3. The van der Waals surface area contributed by atoms with E-state index in [0.717, 1.165) is 21.5 Å². The van der Waals surface area contributed by atoms with Crippen molar-refractivity contribution in [1.82, 2.24) is 14.8 Å². The zero-order valence-corrected chi connectivity index (χ0v) is 17.4. The number of nitrogens with zero attached hydrogens (tertiary/aromatic N) is 4. The van der Waals surface area contributed by atoms with Gasteiger partial charge in [0, 0.05) is 18.3 Å². The lowest BCUT2D eigenvalue weighted by Crippen LogP contribution is -2.32. The van der Waals surface area contributed by atoms with E-state index < -0.39 is 0 Å². The Hall–Kier alpha value is -3.19. The van der Waals surface area contributed by atoms with Gasteiger partial charge < -0.3 is 4.74 Å². The van der Waals surface area contributed by atoms with Crippen molar-refractivity contribution in [2.24, 2.45) is 0 Å². The number of hydrogen-bond donors (Lipinski definition) is 0. The van der Waals surface area contributed by atoms with Gasteiger partial charge in [0.15, 0.2) is 5.13 Å². The molecule has 0 fully saturated rings. The first-order valence-electron chi connectivity index (χ1n) is 9.40. The molecule has 0 aliphatic carbocycles. The van der Waals surface area contributed by atoms with Crippen LogP contribution in [0.5, 0.6) is 5.75 Å². The smallest absolute Gasteiger partial charge is 0.278 e. The average Bonchev–Trinajstić information content (AvgIpc) is 3.38. The summed E-state index contributed by atoms with van der Waals surface area (Å²) in [5.41, 5.74) is 2.40. The van der Waals surface area contributed by atoms with E-state index in [4.69, 9.17) is 9.72 Å². The summed E-state index contributed by atoms with van der Waals surface area (Å²) in [6.07, 6.45) is 1.66. The topological polar surface area (TPSA) is 60.2 Å². The molecule has 148 valence electrons. The minimum absolute atomic E-state index is 0.0853. The van der Waals surface area contributed by atoms with E-state index in [1.807, 2.05) is 62.4 Å². The highest BCUT2D eigenvalue weighted by Crippen LogP contribution is 2.33. The van der Waals surface area contributed by atoms with E-state index in [0.29, 0.717) is 17.4 Å². The number of fused-ring (bicyclic) bond motifs is 1. The molecule has 1 amide bonds. The van der Waals surface area contributed by atoms with Gasteiger partial charge in [-0.25, -0.2) is 4.98 Å². The van der Waals surface area contributed by atoms with Crippen LogP contribution in [0.4, 0.5) is 5.13 Å². The van der Waals surface area contributed by atoms with Crippen LogP contribution in [0.2, 0.25) is 0 Å². The highest BCUT2D eigenvalue weighted by atomic mass is 32.1. The zero-order valence-electron chi connectivity index (χ0n) is 16.6. The Bertz CT molecular complexity index is 1130. The lowest BCUT2D eigenvalue weighted by Gasteiger charge is -2.21. The van der Waals surface area contributed by atoms with Crippen LogP contribution in [-0.4, -0.2) is 27.8 Å². The van der Waals surface area contributed by atoms with Crippen LogP contribution < -0.4 is 9.64 Å². The summed E-state index contributed by atoms with van der Waals surface area (Å²) in [6, 6.07) is 17.5. The van der Waals surface area contributed by atoms with Crippen LogP contribution in [0.15, 0.2) is 60.8 Å². The molecule has 2 aromatic carbocycles. The Balaban J connectivity index is 1.78. The summed E-state index contributed by atoms with van der Waals surface area (Å²) in [4.78, 5) is 20.0. The summed E-state index contributed by atoms with van der Waals surface area (Å²) in [5.74, 6) is 0.624. The number of hydrogen-bond acceptors (Lipinski definition) is 5. The summed E-state index contributed by atoms with van der Waals surface area (Å²) in [7, 11) is 1.63. The maximum Gasteiger partial charge on any atom is 0.278 e. The van der Waals surface area contributed by atoms with E-state index in [-0.39, 0.29) is 11.9 Å². The van der Waals surface area contributed by atoms with E-state index >= 15 is 0 Å². The number of benzene rings is 2. The van der Waals surface area contributed by atoms with Gasteiger partial charge in [0.05, 0.1) is 23.9 Å². The van der Waals surface area contributed by atoms with E-state index in [1.165, 1.54) is 11.3 Å². The minimum atomic E-state index is -0.119.